The molecule has 0 radical (unpaired) electrons. The summed E-state index contributed by atoms with van der Waals surface area (Å²) in [6.45, 7) is 8.60. The third kappa shape index (κ3) is 3.74. The van der Waals surface area contributed by atoms with E-state index >= 15 is 0 Å². The summed E-state index contributed by atoms with van der Waals surface area (Å²) in [4.78, 5) is 22.8. The van der Waals surface area contributed by atoms with Crippen LogP contribution in [0.1, 0.15) is 48.2 Å². The third-order valence-corrected chi connectivity index (χ3v) is 5.91. The van der Waals surface area contributed by atoms with Crippen LogP contribution >= 0.6 is 0 Å². The number of benzene rings is 2. The van der Waals surface area contributed by atoms with Crippen LogP contribution in [-0.4, -0.2) is 27.1 Å². The number of nitrogen functional groups attached to an aromatic ring is 1. The molecule has 4 rings (SSSR count). The molecule has 2 aromatic carbocycles. The number of anilines is 1. The Balaban J connectivity index is 1.95. The van der Waals surface area contributed by atoms with Gasteiger partial charge in [-0.2, -0.15) is 0 Å². The first-order chi connectivity index (χ1) is 14.9. The second kappa shape index (κ2) is 8.38. The summed E-state index contributed by atoms with van der Waals surface area (Å²) in [5.74, 6) is 0.168. The van der Waals surface area contributed by atoms with Gasteiger partial charge in [0.2, 0.25) is 0 Å². The summed E-state index contributed by atoms with van der Waals surface area (Å²) in [5, 5.41) is 0. The predicted molar refractivity (Wildman–Crippen MR) is 125 cm³/mol. The van der Waals surface area contributed by atoms with Crippen molar-refractivity contribution in [3.8, 4) is 5.69 Å². The predicted octanol–water partition coefficient (Wildman–Crippen LogP) is 5.37. The molecule has 0 amide bonds. The number of aryl methyl sites for hydroxylation is 2. The van der Waals surface area contributed by atoms with Gasteiger partial charge in [-0.25, -0.2) is 14.8 Å². The van der Waals surface area contributed by atoms with Crippen LogP contribution in [0.2, 0.25) is 0 Å². The summed E-state index contributed by atoms with van der Waals surface area (Å²) in [5.41, 5.74) is 12.3. The van der Waals surface area contributed by atoms with Crippen LogP contribution in [0.5, 0.6) is 0 Å². The van der Waals surface area contributed by atoms with E-state index in [0.717, 1.165) is 35.2 Å². The molecule has 0 aliphatic heterocycles. The Kier molecular flexibility index (Phi) is 5.63. The minimum absolute atomic E-state index is 0.278. The molecule has 0 unspecified atom stereocenters. The van der Waals surface area contributed by atoms with Crippen molar-refractivity contribution in [3.63, 3.8) is 0 Å². The van der Waals surface area contributed by atoms with Gasteiger partial charge in [0.1, 0.15) is 16.9 Å². The number of nitrogens with zero attached hydrogens (tertiary/aromatic N) is 3. The van der Waals surface area contributed by atoms with E-state index < -0.39 is 5.97 Å². The van der Waals surface area contributed by atoms with Crippen molar-refractivity contribution in [3.05, 3.63) is 59.2 Å². The minimum Gasteiger partial charge on any atom is -0.462 e. The molecule has 0 fully saturated rings. The molecule has 31 heavy (non-hydrogen) atoms. The van der Waals surface area contributed by atoms with Crippen molar-refractivity contribution in [1.29, 1.82) is 0 Å². The summed E-state index contributed by atoms with van der Waals surface area (Å²) >= 11 is 0. The van der Waals surface area contributed by atoms with Crippen LogP contribution in [0.15, 0.2) is 42.5 Å². The van der Waals surface area contributed by atoms with E-state index in [1.54, 1.807) is 0 Å². The normalized spacial score (nSPS) is 11.5. The van der Waals surface area contributed by atoms with Gasteiger partial charge in [-0.15, -0.1) is 0 Å². The highest BCUT2D eigenvalue weighted by Gasteiger charge is 2.27. The number of ether oxygens (including phenoxy) is 1. The number of fused-ring (bicyclic) bond motifs is 2. The maximum Gasteiger partial charge on any atom is 0.344 e. The molecule has 2 heterocycles. The van der Waals surface area contributed by atoms with Crippen LogP contribution in [0.3, 0.4) is 0 Å². The molecule has 0 spiro atoms. The summed E-state index contributed by atoms with van der Waals surface area (Å²) in [6.07, 6.45) is 1.90. The lowest BCUT2D eigenvalue weighted by Gasteiger charge is -2.13. The van der Waals surface area contributed by atoms with Crippen molar-refractivity contribution < 1.29 is 9.53 Å². The van der Waals surface area contributed by atoms with Crippen LogP contribution in [-0.2, 0) is 4.74 Å². The molecule has 0 saturated heterocycles. The molecule has 6 heteroatoms. The molecule has 6 nitrogen and oxygen atoms in total. The molecule has 2 N–H and O–H groups in total. The Morgan fingerprint density at radius 1 is 1.06 bits per heavy atom. The van der Waals surface area contributed by atoms with Crippen molar-refractivity contribution >= 4 is 34.0 Å². The first kappa shape index (κ1) is 20.8. The standard InChI is InChI=1S/C25H28N4O2/c1-5-17(6-2)14-31-25(30)21-22-24(28-19-10-8-7-9-18(19)27-22)29(23(21)26)20-13-15(3)11-12-16(20)4/h7-13,17H,5-6,14,26H2,1-4H3. The molecular weight excluding hydrogens is 388 g/mol. The van der Waals surface area contributed by atoms with Gasteiger partial charge in [-0.3, -0.25) is 4.57 Å². The SMILES string of the molecule is CCC(CC)COC(=O)c1c(N)n(-c2cc(C)ccc2C)c2nc3ccccc3nc12. The third-order valence-electron chi connectivity index (χ3n) is 5.91. The first-order valence-corrected chi connectivity index (χ1v) is 10.8. The van der Waals surface area contributed by atoms with Crippen LogP contribution in [0.25, 0.3) is 27.9 Å². The Hall–Kier alpha value is -3.41. The molecule has 160 valence electrons. The fraction of sp³-hybridized carbons (Fsp3) is 0.320. The average molecular weight is 417 g/mol. The van der Waals surface area contributed by atoms with Crippen LogP contribution in [0, 0.1) is 19.8 Å². The van der Waals surface area contributed by atoms with Gasteiger partial charge in [0.25, 0.3) is 0 Å². The number of esters is 1. The van der Waals surface area contributed by atoms with E-state index in [0.29, 0.717) is 35.0 Å². The molecule has 0 aliphatic carbocycles. The molecule has 0 atom stereocenters. The summed E-state index contributed by atoms with van der Waals surface area (Å²) in [7, 11) is 0. The van der Waals surface area contributed by atoms with E-state index in [1.165, 1.54) is 0 Å². The molecule has 0 bridgehead atoms. The molecular formula is C25H28N4O2. The zero-order chi connectivity index (χ0) is 22.1. The molecule has 2 aromatic heterocycles. The van der Waals surface area contributed by atoms with E-state index in [4.69, 9.17) is 20.4 Å². The first-order valence-electron chi connectivity index (χ1n) is 10.8. The van der Waals surface area contributed by atoms with E-state index in [1.807, 2.05) is 60.9 Å². The topological polar surface area (TPSA) is 83.0 Å². The quantitative estimate of drug-likeness (QED) is 0.428. The van der Waals surface area contributed by atoms with Gasteiger partial charge in [0.05, 0.1) is 23.3 Å². The fourth-order valence-corrected chi connectivity index (χ4v) is 3.86. The molecule has 4 aromatic rings. The second-order valence-electron chi connectivity index (χ2n) is 8.05. The summed E-state index contributed by atoms with van der Waals surface area (Å²) < 4.78 is 7.50. The largest absolute Gasteiger partial charge is 0.462 e. The zero-order valence-corrected chi connectivity index (χ0v) is 18.5. The monoisotopic (exact) mass is 416 g/mol. The number of nitrogens with two attached hydrogens (primary N) is 1. The number of aromatic nitrogens is 3. The van der Waals surface area contributed by atoms with Gasteiger partial charge in [0, 0.05) is 0 Å². The van der Waals surface area contributed by atoms with Crippen molar-refractivity contribution in [2.45, 2.75) is 40.5 Å². The highest BCUT2D eigenvalue weighted by Crippen LogP contribution is 2.33. The highest BCUT2D eigenvalue weighted by molar-refractivity contribution is 6.09. The fourth-order valence-electron chi connectivity index (χ4n) is 3.86. The average Bonchev–Trinajstić information content (AvgIpc) is 3.05. The Bertz CT molecular complexity index is 1270. The number of carbonyl (C=O) groups is 1. The maximum absolute atomic E-state index is 13.2. The van der Waals surface area contributed by atoms with Crippen LogP contribution in [0.4, 0.5) is 5.82 Å². The number of hydrogen-bond acceptors (Lipinski definition) is 5. The Morgan fingerprint density at radius 2 is 1.74 bits per heavy atom. The Morgan fingerprint density at radius 3 is 2.42 bits per heavy atom. The van der Waals surface area contributed by atoms with Crippen molar-refractivity contribution in [1.82, 2.24) is 14.5 Å². The van der Waals surface area contributed by atoms with Gasteiger partial charge in [-0.05, 0) is 49.1 Å². The minimum atomic E-state index is -0.456. The summed E-state index contributed by atoms with van der Waals surface area (Å²) in [6, 6.07) is 13.7. The second-order valence-corrected chi connectivity index (χ2v) is 8.05. The van der Waals surface area contributed by atoms with Gasteiger partial charge < -0.3 is 10.5 Å². The molecule has 0 aliphatic rings. The smallest absolute Gasteiger partial charge is 0.344 e. The highest BCUT2D eigenvalue weighted by atomic mass is 16.5. The van der Waals surface area contributed by atoms with Gasteiger partial charge in [-0.1, -0.05) is 51.0 Å². The van der Waals surface area contributed by atoms with E-state index in [2.05, 4.69) is 13.8 Å². The Labute approximate surface area is 182 Å². The van der Waals surface area contributed by atoms with E-state index in [9.17, 15) is 4.79 Å². The van der Waals surface area contributed by atoms with Gasteiger partial charge in [0.15, 0.2) is 5.65 Å². The lowest BCUT2D eigenvalue weighted by Crippen LogP contribution is -2.15. The number of carbonyl (C=O) groups excluding carboxylic acids is 1. The van der Waals surface area contributed by atoms with E-state index in [-0.39, 0.29) is 5.56 Å². The lowest BCUT2D eigenvalue weighted by atomic mass is 10.1. The van der Waals surface area contributed by atoms with Crippen LogP contribution < -0.4 is 5.73 Å². The van der Waals surface area contributed by atoms with Gasteiger partial charge >= 0.3 is 5.97 Å². The lowest BCUT2D eigenvalue weighted by molar-refractivity contribution is 0.0436. The number of hydrogen-bond donors (Lipinski definition) is 1. The number of para-hydroxylation sites is 2. The number of rotatable bonds is 6. The molecule has 0 saturated carbocycles. The van der Waals surface area contributed by atoms with Crippen molar-refractivity contribution in [2.75, 3.05) is 12.3 Å². The zero-order valence-electron chi connectivity index (χ0n) is 18.5. The van der Waals surface area contributed by atoms with Crippen molar-refractivity contribution in [2.24, 2.45) is 5.92 Å². The maximum atomic E-state index is 13.2.